The fourth-order valence-corrected chi connectivity index (χ4v) is 6.65. The zero-order valence-corrected chi connectivity index (χ0v) is 25.5. The fourth-order valence-electron chi connectivity index (χ4n) is 6.65. The van der Waals surface area contributed by atoms with E-state index in [1.807, 2.05) is 0 Å². The number of unbranched alkanes of at least 4 members (excludes halogenated alkanes) is 11. The van der Waals surface area contributed by atoms with Crippen molar-refractivity contribution in [2.75, 3.05) is 39.3 Å². The summed E-state index contributed by atoms with van der Waals surface area (Å²) in [6.07, 6.45) is 19.4. The van der Waals surface area contributed by atoms with Crippen LogP contribution in [0.2, 0.25) is 0 Å². The molecule has 0 fully saturated rings. The van der Waals surface area contributed by atoms with Crippen molar-refractivity contribution in [1.82, 2.24) is 0 Å². The molecule has 0 heterocycles. The largest absolute Gasteiger partial charge is 0.363 e. The minimum Gasteiger partial charge on any atom is -0.363 e. The maximum absolute atomic E-state index is 6.80. The lowest BCUT2D eigenvalue weighted by Crippen LogP contribution is -2.74. The van der Waals surface area contributed by atoms with Crippen LogP contribution in [0.4, 0.5) is 0 Å². The SMILES string of the molecule is CCCCCCCCCCCCCCC(C)OC(C)C([N+](CC)(CC)CC)[N+](CC)(CC)CC. The molecule has 3 heteroatoms. The molecule has 0 saturated heterocycles. The van der Waals surface area contributed by atoms with Crippen LogP contribution in [-0.2, 0) is 4.74 Å². The van der Waals surface area contributed by atoms with E-state index in [4.69, 9.17) is 4.74 Å². The van der Waals surface area contributed by atoms with E-state index in [0.717, 1.165) is 0 Å². The molecular weight excluding hydrogens is 416 g/mol. The van der Waals surface area contributed by atoms with Crippen LogP contribution in [0.5, 0.6) is 0 Å². The van der Waals surface area contributed by atoms with Crippen LogP contribution < -0.4 is 0 Å². The number of hydrogen-bond acceptors (Lipinski definition) is 1. The molecular formula is C31H68N2O+2. The quantitative estimate of drug-likeness (QED) is 0.0754. The molecule has 0 saturated carbocycles. The molecule has 0 amide bonds. The van der Waals surface area contributed by atoms with Gasteiger partial charge >= 0.3 is 0 Å². The van der Waals surface area contributed by atoms with E-state index in [1.54, 1.807) is 0 Å². The number of hydrogen-bond donors (Lipinski definition) is 0. The molecule has 2 atom stereocenters. The molecule has 0 aromatic rings. The first kappa shape index (κ1) is 33.9. The average molecular weight is 485 g/mol. The number of likely N-dealkylation sites (N-methyl/N-ethyl adjacent to an activating group) is 2. The topological polar surface area (TPSA) is 9.23 Å². The predicted octanol–water partition coefficient (Wildman–Crippen LogP) is 8.95. The van der Waals surface area contributed by atoms with Crippen molar-refractivity contribution in [3.8, 4) is 0 Å². The summed E-state index contributed by atoms with van der Waals surface area (Å²) in [5.74, 6) is 0. The van der Waals surface area contributed by atoms with E-state index < -0.39 is 0 Å². The molecule has 0 spiro atoms. The highest BCUT2D eigenvalue weighted by atomic mass is 16.5. The lowest BCUT2D eigenvalue weighted by atomic mass is 10.0. The van der Waals surface area contributed by atoms with Crippen molar-refractivity contribution in [3.63, 3.8) is 0 Å². The van der Waals surface area contributed by atoms with E-state index in [0.29, 0.717) is 12.3 Å². The molecule has 34 heavy (non-hydrogen) atoms. The van der Waals surface area contributed by atoms with Gasteiger partial charge in [0, 0.05) is 0 Å². The van der Waals surface area contributed by atoms with Gasteiger partial charge in [-0.05, 0) is 61.8 Å². The second-order valence-corrected chi connectivity index (χ2v) is 11.1. The van der Waals surface area contributed by atoms with Gasteiger partial charge in [-0.1, -0.05) is 84.0 Å². The van der Waals surface area contributed by atoms with Gasteiger partial charge in [-0.2, -0.15) is 0 Å². The predicted molar refractivity (Wildman–Crippen MR) is 153 cm³/mol. The summed E-state index contributed by atoms with van der Waals surface area (Å²) in [7, 11) is 0. The molecule has 0 aromatic heterocycles. The summed E-state index contributed by atoms with van der Waals surface area (Å²) in [4.78, 5) is 0. The molecule has 0 aromatic carbocycles. The number of ether oxygens (including phenoxy) is 1. The summed E-state index contributed by atoms with van der Waals surface area (Å²) < 4.78 is 9.14. The lowest BCUT2D eigenvalue weighted by Gasteiger charge is -2.54. The lowest BCUT2D eigenvalue weighted by molar-refractivity contribution is -1.13. The molecule has 0 aliphatic rings. The molecule has 0 rings (SSSR count). The van der Waals surface area contributed by atoms with E-state index in [2.05, 4.69) is 62.3 Å². The van der Waals surface area contributed by atoms with E-state index in [-0.39, 0.29) is 6.10 Å². The Bertz CT molecular complexity index is 408. The van der Waals surface area contributed by atoms with Crippen molar-refractivity contribution < 1.29 is 13.7 Å². The fraction of sp³-hybridized carbons (Fsp3) is 1.00. The normalized spacial score (nSPS) is 14.6. The first-order valence-corrected chi connectivity index (χ1v) is 15.7. The third kappa shape index (κ3) is 11.3. The summed E-state index contributed by atoms with van der Waals surface area (Å²) in [5, 5.41) is 0. The molecule has 0 radical (unpaired) electrons. The van der Waals surface area contributed by atoms with Crippen LogP contribution in [0.1, 0.15) is 146 Å². The number of quaternary nitrogens is 2. The minimum absolute atomic E-state index is 0.284. The van der Waals surface area contributed by atoms with Gasteiger partial charge in [0.15, 0.2) is 6.10 Å². The van der Waals surface area contributed by atoms with Crippen molar-refractivity contribution in [2.24, 2.45) is 0 Å². The Balaban J connectivity index is 4.54. The minimum atomic E-state index is 0.284. The Morgan fingerprint density at radius 2 is 0.794 bits per heavy atom. The number of rotatable bonds is 24. The zero-order valence-electron chi connectivity index (χ0n) is 25.5. The highest BCUT2D eigenvalue weighted by molar-refractivity contribution is 4.65. The first-order valence-electron chi connectivity index (χ1n) is 15.7. The summed E-state index contributed by atoms with van der Waals surface area (Å²) in [6.45, 7) is 28.5. The second-order valence-electron chi connectivity index (χ2n) is 11.1. The van der Waals surface area contributed by atoms with Gasteiger partial charge in [0.2, 0.25) is 6.17 Å². The van der Waals surface area contributed by atoms with Crippen LogP contribution >= 0.6 is 0 Å². The molecule has 0 N–H and O–H groups in total. The molecule has 0 aliphatic heterocycles. The third-order valence-electron chi connectivity index (χ3n) is 9.23. The van der Waals surface area contributed by atoms with Crippen LogP contribution in [0.3, 0.4) is 0 Å². The van der Waals surface area contributed by atoms with Gasteiger partial charge < -0.3 is 4.74 Å². The molecule has 3 nitrogen and oxygen atoms in total. The first-order chi connectivity index (χ1) is 16.4. The smallest absolute Gasteiger partial charge is 0.243 e. The van der Waals surface area contributed by atoms with Crippen molar-refractivity contribution >= 4 is 0 Å². The van der Waals surface area contributed by atoms with Crippen molar-refractivity contribution in [1.29, 1.82) is 0 Å². The van der Waals surface area contributed by atoms with Gasteiger partial charge in [-0.25, -0.2) is 0 Å². The number of nitrogens with zero attached hydrogens (tertiary/aromatic N) is 2. The van der Waals surface area contributed by atoms with Gasteiger partial charge in [-0.3, -0.25) is 8.97 Å². The Hall–Kier alpha value is -0.120. The highest BCUT2D eigenvalue weighted by Crippen LogP contribution is 2.30. The Morgan fingerprint density at radius 1 is 0.471 bits per heavy atom. The monoisotopic (exact) mass is 485 g/mol. The van der Waals surface area contributed by atoms with Crippen molar-refractivity contribution in [3.05, 3.63) is 0 Å². The van der Waals surface area contributed by atoms with Crippen LogP contribution in [0.15, 0.2) is 0 Å². The average Bonchev–Trinajstić information content (AvgIpc) is 2.85. The van der Waals surface area contributed by atoms with Crippen LogP contribution in [-0.4, -0.2) is 66.6 Å². The summed E-state index contributed by atoms with van der Waals surface area (Å²) >= 11 is 0. The maximum Gasteiger partial charge on any atom is 0.243 e. The van der Waals surface area contributed by atoms with E-state index in [9.17, 15) is 0 Å². The Morgan fingerprint density at radius 3 is 1.12 bits per heavy atom. The second kappa shape index (κ2) is 20.0. The van der Waals surface area contributed by atoms with E-state index >= 15 is 0 Å². The Labute approximate surface area is 217 Å². The van der Waals surface area contributed by atoms with Gasteiger partial charge in [0.25, 0.3) is 0 Å². The summed E-state index contributed by atoms with van der Waals surface area (Å²) in [6, 6.07) is 0. The molecule has 0 aliphatic carbocycles. The standard InChI is InChI=1S/C31H68N2O/c1-10-17-18-19-20-21-22-23-24-25-26-27-28-29(8)34-30(9)31(32(11-2,12-3)13-4)33(14-5,15-6)16-7/h29-31H,10-28H2,1-9H3/q+2. The zero-order chi connectivity index (χ0) is 25.9. The van der Waals surface area contributed by atoms with Gasteiger partial charge in [0.05, 0.1) is 45.4 Å². The maximum atomic E-state index is 6.80. The van der Waals surface area contributed by atoms with Crippen molar-refractivity contribution in [2.45, 2.75) is 164 Å². The Kier molecular flexibility index (Phi) is 19.9. The van der Waals surface area contributed by atoms with Gasteiger partial charge in [-0.15, -0.1) is 0 Å². The molecule has 0 bridgehead atoms. The third-order valence-corrected chi connectivity index (χ3v) is 9.23. The summed E-state index contributed by atoms with van der Waals surface area (Å²) in [5.41, 5.74) is 0. The van der Waals surface area contributed by atoms with Gasteiger partial charge in [0.1, 0.15) is 0 Å². The van der Waals surface area contributed by atoms with E-state index in [1.165, 1.54) is 132 Å². The van der Waals surface area contributed by atoms with Crippen LogP contribution in [0.25, 0.3) is 0 Å². The molecule has 206 valence electrons. The van der Waals surface area contributed by atoms with Crippen LogP contribution in [0, 0.1) is 0 Å². The molecule has 2 unspecified atom stereocenters. The highest BCUT2D eigenvalue weighted by Gasteiger charge is 2.50.